The van der Waals surface area contributed by atoms with Gasteiger partial charge in [-0.1, -0.05) is 0 Å². The van der Waals surface area contributed by atoms with E-state index >= 15 is 0 Å². The number of fused-ring (bicyclic) bond motifs is 1. The van der Waals surface area contributed by atoms with Crippen molar-refractivity contribution in [3.63, 3.8) is 0 Å². The summed E-state index contributed by atoms with van der Waals surface area (Å²) in [7, 11) is 3.60. The van der Waals surface area contributed by atoms with E-state index in [1.165, 1.54) is 5.82 Å². The van der Waals surface area contributed by atoms with E-state index in [-0.39, 0.29) is 0 Å². The van der Waals surface area contributed by atoms with Crippen molar-refractivity contribution in [1.82, 2.24) is 24.6 Å². The summed E-state index contributed by atoms with van der Waals surface area (Å²) >= 11 is 0. The molecule has 1 atom stereocenters. The Labute approximate surface area is 118 Å². The lowest BCUT2D eigenvalue weighted by Gasteiger charge is -2.24. The number of aromatic nitrogens is 4. The normalized spacial score (nSPS) is 18.1. The van der Waals surface area contributed by atoms with Crippen LogP contribution in [0.25, 0.3) is 0 Å². The molecule has 1 aliphatic rings. The van der Waals surface area contributed by atoms with Crippen LogP contribution in [0.15, 0.2) is 12.4 Å². The Balaban J connectivity index is 1.66. The van der Waals surface area contributed by atoms with Gasteiger partial charge in [-0.25, -0.2) is 9.67 Å². The first-order valence-electron chi connectivity index (χ1n) is 6.99. The van der Waals surface area contributed by atoms with E-state index in [1.807, 2.05) is 20.2 Å². The van der Waals surface area contributed by atoms with Crippen LogP contribution >= 0.6 is 0 Å². The van der Waals surface area contributed by atoms with Crippen molar-refractivity contribution >= 4 is 0 Å². The highest BCUT2D eigenvalue weighted by Gasteiger charge is 2.20. The molecule has 0 unspecified atom stereocenters. The number of nitrogens with zero attached hydrogens (tertiary/aromatic N) is 4. The number of methoxy groups -OCH3 is 1. The Morgan fingerprint density at radius 3 is 3.15 bits per heavy atom. The lowest BCUT2D eigenvalue weighted by molar-refractivity contribution is 0.356. The molecule has 20 heavy (non-hydrogen) atoms. The second-order valence-corrected chi connectivity index (χ2v) is 5.31. The van der Waals surface area contributed by atoms with Crippen molar-refractivity contribution in [2.45, 2.75) is 38.9 Å². The van der Waals surface area contributed by atoms with Crippen molar-refractivity contribution < 1.29 is 4.74 Å². The number of hydrogen-bond acceptors (Lipinski definition) is 4. The molecule has 6 nitrogen and oxygen atoms in total. The summed E-state index contributed by atoms with van der Waals surface area (Å²) in [5.74, 6) is 2.03. The Bertz CT molecular complexity index is 601. The number of imidazole rings is 1. The maximum atomic E-state index is 5.43. The Morgan fingerprint density at radius 1 is 1.50 bits per heavy atom. The highest BCUT2D eigenvalue weighted by Crippen LogP contribution is 2.21. The van der Waals surface area contributed by atoms with Gasteiger partial charge in [0, 0.05) is 45.0 Å². The summed E-state index contributed by atoms with van der Waals surface area (Å²) in [6.45, 7) is 3.79. The lowest BCUT2D eigenvalue weighted by Crippen LogP contribution is -2.37. The first-order valence-corrected chi connectivity index (χ1v) is 6.99. The molecule has 0 aliphatic carbocycles. The molecule has 0 amide bonds. The summed E-state index contributed by atoms with van der Waals surface area (Å²) in [6.07, 6.45) is 6.09. The number of aryl methyl sites for hydroxylation is 3. The molecule has 108 valence electrons. The van der Waals surface area contributed by atoms with Gasteiger partial charge in [-0.15, -0.1) is 0 Å². The zero-order chi connectivity index (χ0) is 14.1. The SMILES string of the molecule is COc1c(CN[C@@H]2CCc3nccn3C2)c(C)nn1C. The minimum atomic E-state index is 0.473. The predicted molar refractivity (Wildman–Crippen MR) is 75.7 cm³/mol. The zero-order valence-corrected chi connectivity index (χ0v) is 12.3. The van der Waals surface area contributed by atoms with E-state index in [2.05, 4.69) is 26.2 Å². The molecule has 0 radical (unpaired) electrons. The van der Waals surface area contributed by atoms with Gasteiger partial charge in [0.25, 0.3) is 0 Å². The topological polar surface area (TPSA) is 56.9 Å². The van der Waals surface area contributed by atoms with Gasteiger partial charge in [0.2, 0.25) is 5.88 Å². The second-order valence-electron chi connectivity index (χ2n) is 5.31. The maximum Gasteiger partial charge on any atom is 0.216 e. The fraction of sp³-hybridized carbons (Fsp3) is 0.571. The number of ether oxygens (including phenoxy) is 1. The molecule has 0 spiro atoms. The monoisotopic (exact) mass is 275 g/mol. The van der Waals surface area contributed by atoms with Crippen LogP contribution in [0.5, 0.6) is 5.88 Å². The van der Waals surface area contributed by atoms with Gasteiger partial charge < -0.3 is 14.6 Å². The van der Waals surface area contributed by atoms with E-state index in [1.54, 1.807) is 11.8 Å². The number of nitrogens with one attached hydrogen (secondary N) is 1. The molecule has 3 rings (SSSR count). The largest absolute Gasteiger partial charge is 0.481 e. The van der Waals surface area contributed by atoms with E-state index < -0.39 is 0 Å². The van der Waals surface area contributed by atoms with Crippen molar-refractivity contribution in [1.29, 1.82) is 0 Å². The van der Waals surface area contributed by atoms with E-state index in [0.717, 1.165) is 43.1 Å². The van der Waals surface area contributed by atoms with Gasteiger partial charge in [0.1, 0.15) is 5.82 Å². The molecular weight excluding hydrogens is 254 g/mol. The Kier molecular flexibility index (Phi) is 3.48. The van der Waals surface area contributed by atoms with Crippen molar-refractivity contribution in [3.05, 3.63) is 29.5 Å². The van der Waals surface area contributed by atoms with E-state index in [0.29, 0.717) is 6.04 Å². The highest BCUT2D eigenvalue weighted by atomic mass is 16.5. The average molecular weight is 275 g/mol. The first-order chi connectivity index (χ1) is 9.69. The van der Waals surface area contributed by atoms with Crippen LogP contribution in [0.2, 0.25) is 0 Å². The molecule has 1 aliphatic heterocycles. The van der Waals surface area contributed by atoms with Gasteiger partial charge >= 0.3 is 0 Å². The minimum Gasteiger partial charge on any atom is -0.481 e. The first kappa shape index (κ1) is 13.2. The van der Waals surface area contributed by atoms with Crippen LogP contribution in [0, 0.1) is 6.92 Å². The van der Waals surface area contributed by atoms with Crippen LogP contribution in [-0.4, -0.2) is 32.5 Å². The molecule has 1 N–H and O–H groups in total. The molecular formula is C14H21N5O. The third-order valence-electron chi connectivity index (χ3n) is 3.98. The van der Waals surface area contributed by atoms with Crippen LogP contribution < -0.4 is 10.1 Å². The molecule has 0 aromatic carbocycles. The third-order valence-corrected chi connectivity index (χ3v) is 3.98. The molecule has 0 saturated carbocycles. The lowest BCUT2D eigenvalue weighted by atomic mass is 10.1. The van der Waals surface area contributed by atoms with Gasteiger partial charge in [0.15, 0.2) is 0 Å². The Hall–Kier alpha value is -1.82. The van der Waals surface area contributed by atoms with Crippen molar-refractivity contribution in [2.24, 2.45) is 7.05 Å². The molecule has 3 heterocycles. The van der Waals surface area contributed by atoms with Gasteiger partial charge in [-0.2, -0.15) is 5.10 Å². The maximum absolute atomic E-state index is 5.43. The summed E-state index contributed by atoms with van der Waals surface area (Å²) in [5, 5.41) is 8.03. The van der Waals surface area contributed by atoms with Crippen LogP contribution in [0.4, 0.5) is 0 Å². The predicted octanol–water partition coefficient (Wildman–Crippen LogP) is 1.04. The van der Waals surface area contributed by atoms with Gasteiger partial charge in [-0.3, -0.25) is 0 Å². The summed E-state index contributed by atoms with van der Waals surface area (Å²) in [5.41, 5.74) is 2.17. The summed E-state index contributed by atoms with van der Waals surface area (Å²) in [4.78, 5) is 4.36. The van der Waals surface area contributed by atoms with E-state index in [4.69, 9.17) is 4.74 Å². The molecule has 0 fully saturated rings. The van der Waals surface area contributed by atoms with Crippen molar-refractivity contribution in [2.75, 3.05) is 7.11 Å². The highest BCUT2D eigenvalue weighted by molar-refractivity contribution is 5.30. The molecule has 0 saturated heterocycles. The molecule has 0 bridgehead atoms. The quantitative estimate of drug-likeness (QED) is 0.906. The van der Waals surface area contributed by atoms with Crippen LogP contribution in [0.3, 0.4) is 0 Å². The second kappa shape index (κ2) is 5.28. The molecule has 2 aromatic heterocycles. The van der Waals surface area contributed by atoms with Crippen molar-refractivity contribution in [3.8, 4) is 5.88 Å². The fourth-order valence-electron chi connectivity index (χ4n) is 2.92. The fourth-order valence-corrected chi connectivity index (χ4v) is 2.92. The Morgan fingerprint density at radius 2 is 2.35 bits per heavy atom. The minimum absolute atomic E-state index is 0.473. The third kappa shape index (κ3) is 2.31. The average Bonchev–Trinajstić information content (AvgIpc) is 2.99. The van der Waals surface area contributed by atoms with Gasteiger partial charge in [-0.05, 0) is 13.3 Å². The van der Waals surface area contributed by atoms with Gasteiger partial charge in [0.05, 0.1) is 18.4 Å². The van der Waals surface area contributed by atoms with Crippen LogP contribution in [-0.2, 0) is 26.6 Å². The summed E-state index contributed by atoms with van der Waals surface area (Å²) < 4.78 is 9.45. The smallest absolute Gasteiger partial charge is 0.216 e. The van der Waals surface area contributed by atoms with Crippen LogP contribution in [0.1, 0.15) is 23.5 Å². The molecule has 2 aromatic rings. The zero-order valence-electron chi connectivity index (χ0n) is 12.3. The number of rotatable bonds is 4. The van der Waals surface area contributed by atoms with E-state index in [9.17, 15) is 0 Å². The molecule has 6 heteroatoms. The standard InChI is InChI=1S/C14H21N5O/c1-10-12(14(20-3)18(2)17-10)8-16-11-4-5-13-15-6-7-19(13)9-11/h6-7,11,16H,4-5,8-9H2,1-3H3/t11-/m1/s1. The summed E-state index contributed by atoms with van der Waals surface area (Å²) in [6, 6.07) is 0.473. The number of hydrogen-bond donors (Lipinski definition) is 1.